The summed E-state index contributed by atoms with van der Waals surface area (Å²) < 4.78 is 1.86. The Morgan fingerprint density at radius 3 is 2.95 bits per heavy atom. The number of hydrogen-bond donors (Lipinski definition) is 2. The number of nitrogens with zero attached hydrogens (tertiary/aromatic N) is 4. The monoisotopic (exact) mass is 299 g/mol. The second-order valence-electron chi connectivity index (χ2n) is 5.28. The lowest BCUT2D eigenvalue weighted by molar-refractivity contribution is 0.189. The average molecular weight is 300 g/mol. The third-order valence-corrected chi connectivity index (χ3v) is 4.35. The first-order valence-electron chi connectivity index (χ1n) is 6.96. The summed E-state index contributed by atoms with van der Waals surface area (Å²) in [5, 5.41) is 17.1. The van der Waals surface area contributed by atoms with Crippen molar-refractivity contribution in [2.45, 2.75) is 32.7 Å². The third kappa shape index (κ3) is 3.07. The van der Waals surface area contributed by atoms with Crippen LogP contribution in [0.15, 0.2) is 5.16 Å². The zero-order chi connectivity index (χ0) is 14.7. The van der Waals surface area contributed by atoms with Crippen molar-refractivity contribution in [3.63, 3.8) is 0 Å². The van der Waals surface area contributed by atoms with Gasteiger partial charge < -0.3 is 10.9 Å². The van der Waals surface area contributed by atoms with Gasteiger partial charge in [-0.25, -0.2) is 0 Å². The summed E-state index contributed by atoms with van der Waals surface area (Å²) in [7, 11) is 1.92. The molecule has 1 aliphatic heterocycles. The Morgan fingerprint density at radius 2 is 2.35 bits per heavy atom. The molecule has 1 fully saturated rings. The van der Waals surface area contributed by atoms with Crippen LogP contribution in [-0.4, -0.2) is 38.8 Å². The number of nitrogens with two attached hydrogens (primary N) is 1. The molecule has 0 aliphatic carbocycles. The minimum atomic E-state index is 0.117. The summed E-state index contributed by atoms with van der Waals surface area (Å²) in [6, 6.07) is 0. The zero-order valence-electron chi connectivity index (χ0n) is 12.0. The van der Waals surface area contributed by atoms with Crippen molar-refractivity contribution in [1.82, 2.24) is 14.7 Å². The molecule has 0 amide bonds. The summed E-state index contributed by atoms with van der Waals surface area (Å²) >= 11 is 6.38. The van der Waals surface area contributed by atoms with Crippen LogP contribution in [0.25, 0.3) is 0 Å². The number of halogens is 1. The highest BCUT2D eigenvalue weighted by atomic mass is 35.5. The van der Waals surface area contributed by atoms with Crippen LogP contribution in [0, 0.1) is 5.92 Å². The van der Waals surface area contributed by atoms with Gasteiger partial charge in [0.1, 0.15) is 5.84 Å². The molecular formula is C13H22ClN5O. The van der Waals surface area contributed by atoms with Crippen molar-refractivity contribution in [2.75, 3.05) is 13.1 Å². The number of piperidine rings is 1. The van der Waals surface area contributed by atoms with Crippen LogP contribution < -0.4 is 5.73 Å². The van der Waals surface area contributed by atoms with Crippen LogP contribution >= 0.6 is 11.6 Å². The number of aryl methyl sites for hydroxylation is 2. The molecule has 2 rings (SSSR count). The van der Waals surface area contributed by atoms with Gasteiger partial charge >= 0.3 is 0 Å². The summed E-state index contributed by atoms with van der Waals surface area (Å²) in [6.45, 7) is 4.59. The van der Waals surface area contributed by atoms with Gasteiger partial charge in [-0.1, -0.05) is 23.7 Å². The van der Waals surface area contributed by atoms with Crippen LogP contribution in [-0.2, 0) is 20.0 Å². The lowest BCUT2D eigenvalue weighted by Crippen LogP contribution is -2.41. The van der Waals surface area contributed by atoms with Crippen LogP contribution in [0.5, 0.6) is 0 Å². The standard InChI is InChI=1S/C13H22ClN5O/c1-3-10-12(14)11(18(2)16-10)8-19-6-4-5-9(7-19)13(15)17-20/h9,20H,3-8H2,1-2H3,(H2,15,17). The Balaban J connectivity index is 2.08. The van der Waals surface area contributed by atoms with E-state index in [0.29, 0.717) is 5.84 Å². The highest BCUT2D eigenvalue weighted by Gasteiger charge is 2.25. The Labute approximate surface area is 124 Å². The molecule has 3 N–H and O–H groups in total. The number of likely N-dealkylation sites (tertiary alicyclic amines) is 1. The molecule has 6 nitrogen and oxygen atoms in total. The summed E-state index contributed by atoms with van der Waals surface area (Å²) in [5.74, 6) is 0.437. The molecule has 7 heteroatoms. The molecule has 1 atom stereocenters. The molecule has 1 aromatic heterocycles. The second kappa shape index (κ2) is 6.45. The van der Waals surface area contributed by atoms with E-state index in [4.69, 9.17) is 22.5 Å². The Hall–Kier alpha value is -1.27. The van der Waals surface area contributed by atoms with Crippen molar-refractivity contribution in [2.24, 2.45) is 23.9 Å². The normalized spacial score (nSPS) is 21.4. The molecule has 112 valence electrons. The fourth-order valence-corrected chi connectivity index (χ4v) is 3.08. The Morgan fingerprint density at radius 1 is 1.60 bits per heavy atom. The molecule has 0 aromatic carbocycles. The molecule has 1 aliphatic rings. The number of rotatable bonds is 4. The lowest BCUT2D eigenvalue weighted by Gasteiger charge is -2.31. The Bertz CT molecular complexity index is 499. The predicted molar refractivity (Wildman–Crippen MR) is 79.0 cm³/mol. The lowest BCUT2D eigenvalue weighted by atomic mass is 9.97. The largest absolute Gasteiger partial charge is 0.409 e. The van der Waals surface area contributed by atoms with Gasteiger partial charge in [0.15, 0.2) is 0 Å². The third-order valence-electron chi connectivity index (χ3n) is 3.92. The van der Waals surface area contributed by atoms with E-state index < -0.39 is 0 Å². The maximum atomic E-state index is 8.80. The summed E-state index contributed by atoms with van der Waals surface area (Å²) in [4.78, 5) is 2.29. The molecule has 1 unspecified atom stereocenters. The van der Waals surface area contributed by atoms with Gasteiger partial charge in [-0.05, 0) is 25.8 Å². The quantitative estimate of drug-likeness (QED) is 0.383. The topological polar surface area (TPSA) is 79.7 Å². The molecule has 1 saturated heterocycles. The highest BCUT2D eigenvalue weighted by molar-refractivity contribution is 6.31. The molecule has 0 bridgehead atoms. The van der Waals surface area contributed by atoms with E-state index in [2.05, 4.69) is 15.2 Å². The van der Waals surface area contributed by atoms with Crippen LogP contribution in [0.4, 0.5) is 0 Å². The van der Waals surface area contributed by atoms with Crippen molar-refractivity contribution in [1.29, 1.82) is 0 Å². The second-order valence-corrected chi connectivity index (χ2v) is 5.66. The fourth-order valence-electron chi connectivity index (χ4n) is 2.73. The van der Waals surface area contributed by atoms with Gasteiger partial charge in [0.2, 0.25) is 0 Å². The summed E-state index contributed by atoms with van der Waals surface area (Å²) in [6.07, 6.45) is 2.84. The van der Waals surface area contributed by atoms with E-state index in [9.17, 15) is 0 Å². The smallest absolute Gasteiger partial charge is 0.143 e. The maximum absolute atomic E-state index is 8.80. The SMILES string of the molecule is CCc1nn(C)c(CN2CCCC(C(N)=NO)C2)c1Cl. The van der Waals surface area contributed by atoms with Gasteiger partial charge in [0, 0.05) is 26.1 Å². The van der Waals surface area contributed by atoms with E-state index >= 15 is 0 Å². The van der Waals surface area contributed by atoms with E-state index in [1.807, 2.05) is 18.7 Å². The first-order valence-corrected chi connectivity index (χ1v) is 7.34. The van der Waals surface area contributed by atoms with E-state index in [1.165, 1.54) is 0 Å². The zero-order valence-corrected chi connectivity index (χ0v) is 12.8. The molecule has 2 heterocycles. The average Bonchev–Trinajstić information content (AvgIpc) is 2.74. The van der Waals surface area contributed by atoms with Gasteiger partial charge in [-0.15, -0.1) is 0 Å². The number of oxime groups is 1. The van der Waals surface area contributed by atoms with Gasteiger partial charge in [0.25, 0.3) is 0 Å². The number of hydrogen-bond acceptors (Lipinski definition) is 4. The first kappa shape index (κ1) is 15.1. The van der Waals surface area contributed by atoms with Gasteiger partial charge in [-0.2, -0.15) is 5.10 Å². The summed E-state index contributed by atoms with van der Waals surface area (Å²) in [5.41, 5.74) is 7.69. The van der Waals surface area contributed by atoms with Crippen molar-refractivity contribution >= 4 is 17.4 Å². The predicted octanol–water partition coefficient (Wildman–Crippen LogP) is 1.59. The van der Waals surface area contributed by atoms with Crippen LogP contribution in [0.1, 0.15) is 31.2 Å². The molecule has 1 aromatic rings. The first-order chi connectivity index (χ1) is 9.56. The fraction of sp³-hybridized carbons (Fsp3) is 0.692. The molecule has 0 radical (unpaired) electrons. The van der Waals surface area contributed by atoms with Crippen LogP contribution in [0.3, 0.4) is 0 Å². The van der Waals surface area contributed by atoms with Gasteiger partial charge in [0.05, 0.1) is 16.4 Å². The molecule has 20 heavy (non-hydrogen) atoms. The molecule has 0 saturated carbocycles. The van der Waals surface area contributed by atoms with Crippen molar-refractivity contribution in [3.05, 3.63) is 16.4 Å². The minimum Gasteiger partial charge on any atom is -0.409 e. The molecule has 0 spiro atoms. The number of aromatic nitrogens is 2. The molecular weight excluding hydrogens is 278 g/mol. The van der Waals surface area contributed by atoms with Gasteiger partial charge in [-0.3, -0.25) is 9.58 Å². The maximum Gasteiger partial charge on any atom is 0.143 e. The van der Waals surface area contributed by atoms with E-state index in [0.717, 1.165) is 55.3 Å². The van der Waals surface area contributed by atoms with Crippen LogP contribution in [0.2, 0.25) is 5.02 Å². The number of amidine groups is 1. The minimum absolute atomic E-state index is 0.117. The van der Waals surface area contributed by atoms with Crippen molar-refractivity contribution < 1.29 is 5.21 Å². The van der Waals surface area contributed by atoms with Crippen molar-refractivity contribution in [3.8, 4) is 0 Å². The highest BCUT2D eigenvalue weighted by Crippen LogP contribution is 2.24. The Kier molecular flexibility index (Phi) is 4.88. The van der Waals surface area contributed by atoms with E-state index in [1.54, 1.807) is 0 Å². The van der Waals surface area contributed by atoms with E-state index in [-0.39, 0.29) is 5.92 Å².